The molecule has 3 N–H and O–H groups in total. The van der Waals surface area contributed by atoms with Gasteiger partial charge in [-0.05, 0) is 27.3 Å². The van der Waals surface area contributed by atoms with E-state index < -0.39 is 0 Å². The van der Waals surface area contributed by atoms with E-state index in [1.165, 1.54) is 6.33 Å². The van der Waals surface area contributed by atoms with E-state index in [2.05, 4.69) is 41.1 Å². The number of hydrogen-bond acceptors (Lipinski definition) is 5. The molecule has 1 atom stereocenters. The number of nitrogens with zero attached hydrogens (tertiary/aromatic N) is 3. The van der Waals surface area contributed by atoms with Gasteiger partial charge in [-0.2, -0.15) is 0 Å². The molecule has 17 heavy (non-hydrogen) atoms. The summed E-state index contributed by atoms with van der Waals surface area (Å²) in [7, 11) is 2.14. The SMILES string of the molecule is CCC(C)N(C)CCNc1ncnc(N)c1C. The van der Waals surface area contributed by atoms with Gasteiger partial charge in [0, 0.05) is 24.7 Å². The Labute approximate surface area is 103 Å². The molecule has 5 nitrogen and oxygen atoms in total. The third kappa shape index (κ3) is 3.85. The number of nitrogen functional groups attached to an aromatic ring is 1. The van der Waals surface area contributed by atoms with Crippen molar-refractivity contribution in [3.05, 3.63) is 11.9 Å². The van der Waals surface area contributed by atoms with Crippen LogP contribution >= 0.6 is 0 Å². The highest BCUT2D eigenvalue weighted by molar-refractivity contribution is 5.53. The molecule has 0 amide bonds. The molecule has 0 bridgehead atoms. The van der Waals surface area contributed by atoms with Crippen LogP contribution in [-0.2, 0) is 0 Å². The number of nitrogens with one attached hydrogen (secondary N) is 1. The molecule has 1 heterocycles. The van der Waals surface area contributed by atoms with Crippen LogP contribution in [0.2, 0.25) is 0 Å². The fourth-order valence-corrected chi connectivity index (χ4v) is 1.52. The Balaban J connectivity index is 2.43. The predicted molar refractivity (Wildman–Crippen MR) is 72.1 cm³/mol. The second kappa shape index (κ2) is 6.39. The summed E-state index contributed by atoms with van der Waals surface area (Å²) < 4.78 is 0. The highest BCUT2D eigenvalue weighted by Crippen LogP contribution is 2.14. The molecule has 0 radical (unpaired) electrons. The average molecular weight is 237 g/mol. The smallest absolute Gasteiger partial charge is 0.134 e. The van der Waals surface area contributed by atoms with Crippen LogP contribution in [0.15, 0.2) is 6.33 Å². The summed E-state index contributed by atoms with van der Waals surface area (Å²) >= 11 is 0. The summed E-state index contributed by atoms with van der Waals surface area (Å²) in [6.07, 6.45) is 2.65. The zero-order valence-electron chi connectivity index (χ0n) is 11.2. The van der Waals surface area contributed by atoms with E-state index in [9.17, 15) is 0 Å². The normalized spacial score (nSPS) is 12.8. The molecule has 0 spiro atoms. The topological polar surface area (TPSA) is 67.1 Å². The van der Waals surface area contributed by atoms with Gasteiger partial charge in [-0.25, -0.2) is 9.97 Å². The maximum atomic E-state index is 5.72. The summed E-state index contributed by atoms with van der Waals surface area (Å²) in [6.45, 7) is 8.20. The third-order valence-electron chi connectivity index (χ3n) is 3.22. The van der Waals surface area contributed by atoms with Crippen molar-refractivity contribution < 1.29 is 0 Å². The Hall–Kier alpha value is -1.36. The van der Waals surface area contributed by atoms with Crippen molar-refractivity contribution in [3.63, 3.8) is 0 Å². The van der Waals surface area contributed by atoms with Crippen LogP contribution in [0.25, 0.3) is 0 Å². The Bertz CT molecular complexity index is 353. The first-order chi connectivity index (χ1) is 8.06. The van der Waals surface area contributed by atoms with Crippen LogP contribution in [0, 0.1) is 6.92 Å². The molecule has 0 aliphatic carbocycles. The lowest BCUT2D eigenvalue weighted by molar-refractivity contribution is 0.261. The van der Waals surface area contributed by atoms with Crippen LogP contribution in [0.5, 0.6) is 0 Å². The van der Waals surface area contributed by atoms with Gasteiger partial charge in [-0.3, -0.25) is 0 Å². The quantitative estimate of drug-likeness (QED) is 0.785. The van der Waals surface area contributed by atoms with Gasteiger partial charge in [-0.15, -0.1) is 0 Å². The van der Waals surface area contributed by atoms with Gasteiger partial charge < -0.3 is 16.0 Å². The van der Waals surface area contributed by atoms with E-state index in [0.717, 1.165) is 30.9 Å². The van der Waals surface area contributed by atoms with Crippen molar-refractivity contribution in [1.82, 2.24) is 14.9 Å². The minimum Gasteiger partial charge on any atom is -0.383 e. The van der Waals surface area contributed by atoms with Crippen molar-refractivity contribution in [1.29, 1.82) is 0 Å². The van der Waals surface area contributed by atoms with Crippen LogP contribution in [0.3, 0.4) is 0 Å². The summed E-state index contributed by atoms with van der Waals surface area (Å²) in [5.41, 5.74) is 6.64. The first kappa shape index (κ1) is 13.7. The van der Waals surface area contributed by atoms with E-state index in [1.807, 2.05) is 6.92 Å². The maximum absolute atomic E-state index is 5.72. The van der Waals surface area contributed by atoms with E-state index in [1.54, 1.807) is 0 Å². The Morgan fingerprint density at radius 3 is 2.82 bits per heavy atom. The summed E-state index contributed by atoms with van der Waals surface area (Å²) in [5, 5.41) is 3.29. The number of aromatic nitrogens is 2. The first-order valence-electron chi connectivity index (χ1n) is 6.07. The van der Waals surface area contributed by atoms with Gasteiger partial charge in [0.05, 0.1) is 0 Å². The number of nitrogens with two attached hydrogens (primary N) is 1. The van der Waals surface area contributed by atoms with Crippen molar-refractivity contribution in [2.75, 3.05) is 31.2 Å². The fourth-order valence-electron chi connectivity index (χ4n) is 1.52. The summed E-state index contributed by atoms with van der Waals surface area (Å²) in [4.78, 5) is 10.4. The molecule has 0 saturated carbocycles. The lowest BCUT2D eigenvalue weighted by Crippen LogP contribution is -2.32. The van der Waals surface area contributed by atoms with Crippen LogP contribution < -0.4 is 11.1 Å². The molecular weight excluding hydrogens is 214 g/mol. The zero-order chi connectivity index (χ0) is 12.8. The summed E-state index contributed by atoms with van der Waals surface area (Å²) in [6, 6.07) is 0.605. The van der Waals surface area contributed by atoms with Gasteiger partial charge in [-0.1, -0.05) is 6.92 Å². The van der Waals surface area contributed by atoms with Crippen molar-refractivity contribution in [3.8, 4) is 0 Å². The molecule has 1 unspecified atom stereocenters. The molecule has 0 saturated heterocycles. The van der Waals surface area contributed by atoms with Crippen LogP contribution in [0.4, 0.5) is 11.6 Å². The molecular formula is C12H23N5. The fraction of sp³-hybridized carbons (Fsp3) is 0.667. The number of likely N-dealkylation sites (N-methyl/N-ethyl adjacent to an activating group) is 1. The molecule has 5 heteroatoms. The van der Waals surface area contributed by atoms with E-state index in [-0.39, 0.29) is 0 Å². The minimum absolute atomic E-state index is 0.540. The number of hydrogen-bond donors (Lipinski definition) is 2. The molecule has 0 aromatic carbocycles. The molecule has 1 rings (SSSR count). The second-order valence-electron chi connectivity index (χ2n) is 4.40. The van der Waals surface area contributed by atoms with Crippen molar-refractivity contribution in [2.45, 2.75) is 33.2 Å². The Kier molecular flexibility index (Phi) is 5.15. The average Bonchev–Trinajstić information content (AvgIpc) is 2.33. The van der Waals surface area contributed by atoms with Crippen LogP contribution in [0.1, 0.15) is 25.8 Å². The minimum atomic E-state index is 0.540. The number of rotatable bonds is 6. The van der Waals surface area contributed by atoms with Crippen LogP contribution in [-0.4, -0.2) is 41.0 Å². The second-order valence-corrected chi connectivity index (χ2v) is 4.40. The standard InChI is InChI=1S/C12H23N5/c1-5-9(2)17(4)7-6-14-12-10(3)11(13)15-8-16-12/h8-9H,5-7H2,1-4H3,(H3,13,14,15,16). The zero-order valence-corrected chi connectivity index (χ0v) is 11.2. The van der Waals surface area contributed by atoms with E-state index in [4.69, 9.17) is 5.73 Å². The van der Waals surface area contributed by atoms with E-state index in [0.29, 0.717) is 11.9 Å². The van der Waals surface area contributed by atoms with Crippen molar-refractivity contribution >= 4 is 11.6 Å². The lowest BCUT2D eigenvalue weighted by Gasteiger charge is -2.23. The number of anilines is 2. The first-order valence-corrected chi connectivity index (χ1v) is 6.07. The third-order valence-corrected chi connectivity index (χ3v) is 3.22. The summed E-state index contributed by atoms with van der Waals surface area (Å²) in [5.74, 6) is 1.37. The van der Waals surface area contributed by atoms with Gasteiger partial charge in [0.2, 0.25) is 0 Å². The Morgan fingerprint density at radius 1 is 1.47 bits per heavy atom. The van der Waals surface area contributed by atoms with E-state index >= 15 is 0 Å². The highest BCUT2D eigenvalue weighted by atomic mass is 15.1. The largest absolute Gasteiger partial charge is 0.383 e. The highest BCUT2D eigenvalue weighted by Gasteiger charge is 2.07. The predicted octanol–water partition coefficient (Wildman–Crippen LogP) is 1.51. The Morgan fingerprint density at radius 2 is 2.18 bits per heavy atom. The molecule has 1 aromatic rings. The molecule has 0 aliphatic heterocycles. The van der Waals surface area contributed by atoms with Gasteiger partial charge in [0.1, 0.15) is 18.0 Å². The molecule has 96 valence electrons. The molecule has 1 aromatic heterocycles. The monoisotopic (exact) mass is 237 g/mol. The van der Waals surface area contributed by atoms with Crippen molar-refractivity contribution in [2.24, 2.45) is 0 Å². The van der Waals surface area contributed by atoms with Gasteiger partial charge in [0.15, 0.2) is 0 Å². The van der Waals surface area contributed by atoms with Gasteiger partial charge in [0.25, 0.3) is 0 Å². The maximum Gasteiger partial charge on any atom is 0.134 e. The molecule has 0 fully saturated rings. The molecule has 0 aliphatic rings. The van der Waals surface area contributed by atoms with Gasteiger partial charge >= 0.3 is 0 Å². The lowest BCUT2D eigenvalue weighted by atomic mass is 10.2.